The van der Waals surface area contributed by atoms with Gasteiger partial charge in [0, 0.05) is 5.56 Å². The molecule has 0 aliphatic carbocycles. The van der Waals surface area contributed by atoms with E-state index in [0.29, 0.717) is 16.9 Å². The SMILES string of the molecule is Cc1ccc(-c2nnc(SC/C(O)=C(\C#N)c3nc4ccccc4[nH]3)o2)cc1C. The van der Waals surface area contributed by atoms with E-state index < -0.39 is 0 Å². The minimum absolute atomic E-state index is 0.0857. The second-order valence-corrected chi connectivity index (χ2v) is 7.42. The van der Waals surface area contributed by atoms with Crippen molar-refractivity contribution in [2.24, 2.45) is 0 Å². The lowest BCUT2D eigenvalue weighted by Crippen LogP contribution is -1.95. The lowest BCUT2D eigenvalue weighted by molar-refractivity contribution is 0.418. The Morgan fingerprint density at radius 3 is 2.76 bits per heavy atom. The minimum atomic E-state index is -0.109. The van der Waals surface area contributed by atoms with Gasteiger partial charge in [-0.1, -0.05) is 30.0 Å². The van der Waals surface area contributed by atoms with Crippen molar-refractivity contribution in [1.29, 1.82) is 5.26 Å². The van der Waals surface area contributed by atoms with Gasteiger partial charge in [0.15, 0.2) is 5.82 Å². The van der Waals surface area contributed by atoms with E-state index in [1.165, 1.54) is 5.56 Å². The summed E-state index contributed by atoms with van der Waals surface area (Å²) in [6.07, 6.45) is 0. The molecule has 0 atom stereocenters. The molecule has 2 aromatic heterocycles. The van der Waals surface area contributed by atoms with Crippen LogP contribution in [0.3, 0.4) is 0 Å². The molecule has 0 bridgehead atoms. The van der Waals surface area contributed by atoms with Crippen molar-refractivity contribution in [3.05, 3.63) is 65.2 Å². The predicted octanol–water partition coefficient (Wildman–Crippen LogP) is 4.81. The van der Waals surface area contributed by atoms with Crippen LogP contribution in [0.5, 0.6) is 0 Å². The van der Waals surface area contributed by atoms with Crippen LogP contribution in [0.1, 0.15) is 17.0 Å². The van der Waals surface area contributed by atoms with Crippen molar-refractivity contribution in [3.8, 4) is 17.5 Å². The fourth-order valence-corrected chi connectivity index (χ4v) is 3.43. The van der Waals surface area contributed by atoms with E-state index in [2.05, 4.69) is 20.2 Å². The van der Waals surface area contributed by atoms with E-state index in [-0.39, 0.29) is 17.1 Å². The Bertz CT molecular complexity index is 1230. The number of aromatic amines is 1. The first-order valence-corrected chi connectivity index (χ1v) is 9.85. The van der Waals surface area contributed by atoms with Gasteiger partial charge in [-0.3, -0.25) is 0 Å². The Kier molecular flexibility index (Phi) is 5.06. The smallest absolute Gasteiger partial charge is 0.277 e. The molecule has 0 unspecified atom stereocenters. The number of nitriles is 1. The maximum Gasteiger partial charge on any atom is 0.277 e. The van der Waals surface area contributed by atoms with Crippen LogP contribution in [0.2, 0.25) is 0 Å². The van der Waals surface area contributed by atoms with Crippen molar-refractivity contribution in [1.82, 2.24) is 20.2 Å². The molecule has 144 valence electrons. The molecule has 0 fully saturated rings. The zero-order valence-corrected chi connectivity index (χ0v) is 16.6. The number of aliphatic hydroxyl groups excluding tert-OH is 1. The molecule has 2 N–H and O–H groups in total. The monoisotopic (exact) mass is 403 g/mol. The summed E-state index contributed by atoms with van der Waals surface area (Å²) in [6.45, 7) is 4.06. The van der Waals surface area contributed by atoms with E-state index in [0.717, 1.165) is 33.9 Å². The van der Waals surface area contributed by atoms with Gasteiger partial charge in [0.05, 0.1) is 16.8 Å². The van der Waals surface area contributed by atoms with Gasteiger partial charge in [-0.2, -0.15) is 5.26 Å². The number of aryl methyl sites for hydroxylation is 2. The highest BCUT2D eigenvalue weighted by Crippen LogP contribution is 2.27. The number of thioether (sulfide) groups is 1. The second kappa shape index (κ2) is 7.81. The average molecular weight is 403 g/mol. The number of allylic oxidation sites excluding steroid dienone is 1. The third-order valence-corrected chi connectivity index (χ3v) is 5.35. The van der Waals surface area contributed by atoms with Gasteiger partial charge in [-0.25, -0.2) is 4.98 Å². The molecule has 0 aliphatic heterocycles. The summed E-state index contributed by atoms with van der Waals surface area (Å²) < 4.78 is 5.68. The molecule has 0 amide bonds. The Morgan fingerprint density at radius 2 is 2.00 bits per heavy atom. The van der Waals surface area contributed by atoms with Crippen LogP contribution in [0.15, 0.2) is 57.9 Å². The molecule has 0 aliphatic rings. The second-order valence-electron chi connectivity index (χ2n) is 6.50. The van der Waals surface area contributed by atoms with Crippen molar-refractivity contribution >= 4 is 28.4 Å². The lowest BCUT2D eigenvalue weighted by atomic mass is 10.1. The molecule has 0 saturated heterocycles. The third-order valence-electron chi connectivity index (χ3n) is 4.52. The van der Waals surface area contributed by atoms with Crippen LogP contribution < -0.4 is 0 Å². The van der Waals surface area contributed by atoms with Crippen LogP contribution in [0, 0.1) is 25.2 Å². The van der Waals surface area contributed by atoms with Gasteiger partial charge in [0.2, 0.25) is 5.89 Å². The maximum absolute atomic E-state index is 10.4. The van der Waals surface area contributed by atoms with Crippen molar-refractivity contribution in [2.75, 3.05) is 5.75 Å². The maximum atomic E-state index is 10.4. The summed E-state index contributed by atoms with van der Waals surface area (Å²) in [4.78, 5) is 7.41. The molecule has 0 spiro atoms. The van der Waals surface area contributed by atoms with E-state index in [1.807, 2.05) is 62.4 Å². The third kappa shape index (κ3) is 3.86. The summed E-state index contributed by atoms with van der Waals surface area (Å²) in [5.74, 6) is 0.738. The van der Waals surface area contributed by atoms with Crippen LogP contribution in [0.4, 0.5) is 0 Å². The number of para-hydroxylation sites is 2. The number of nitrogens with one attached hydrogen (secondary N) is 1. The number of aromatic nitrogens is 4. The van der Waals surface area contributed by atoms with Gasteiger partial charge >= 0.3 is 0 Å². The summed E-state index contributed by atoms with van der Waals surface area (Å²) in [5.41, 5.74) is 4.78. The van der Waals surface area contributed by atoms with E-state index in [4.69, 9.17) is 4.42 Å². The van der Waals surface area contributed by atoms with Crippen LogP contribution in [0.25, 0.3) is 28.1 Å². The number of H-pyrrole nitrogens is 1. The number of hydrogen-bond donors (Lipinski definition) is 2. The lowest BCUT2D eigenvalue weighted by Gasteiger charge is -2.01. The Morgan fingerprint density at radius 1 is 1.17 bits per heavy atom. The number of nitrogens with zero attached hydrogens (tertiary/aromatic N) is 4. The molecular weight excluding hydrogens is 386 g/mol. The molecule has 0 radical (unpaired) electrons. The summed E-state index contributed by atoms with van der Waals surface area (Å²) in [6, 6.07) is 15.4. The molecule has 4 rings (SSSR count). The first-order chi connectivity index (χ1) is 14.0. The highest BCUT2D eigenvalue weighted by Gasteiger charge is 2.15. The van der Waals surface area contributed by atoms with Crippen molar-refractivity contribution in [2.45, 2.75) is 19.1 Å². The summed E-state index contributed by atoms with van der Waals surface area (Å²) in [5, 5.41) is 28.3. The first kappa shape index (κ1) is 18.8. The first-order valence-electron chi connectivity index (χ1n) is 8.86. The largest absolute Gasteiger partial charge is 0.510 e. The topological polar surface area (TPSA) is 112 Å². The van der Waals surface area contributed by atoms with Gasteiger partial charge in [0.25, 0.3) is 5.22 Å². The van der Waals surface area contributed by atoms with Gasteiger partial charge in [0.1, 0.15) is 17.4 Å². The van der Waals surface area contributed by atoms with Crippen LogP contribution >= 0.6 is 11.8 Å². The predicted molar refractivity (Wildman–Crippen MR) is 111 cm³/mol. The standard InChI is InChI=1S/C21H17N5O2S/c1-12-7-8-14(9-13(12)2)20-25-26-21(28-20)29-11-18(27)15(10-22)19-23-16-5-3-4-6-17(16)24-19/h3-9,27H,11H2,1-2H3,(H,23,24)/b18-15-. The highest BCUT2D eigenvalue weighted by molar-refractivity contribution is 7.99. The number of hydrogen-bond acceptors (Lipinski definition) is 7. The zero-order chi connectivity index (χ0) is 20.4. The van der Waals surface area contributed by atoms with Gasteiger partial charge in [-0.15, -0.1) is 10.2 Å². The molecule has 7 nitrogen and oxygen atoms in total. The van der Waals surface area contributed by atoms with E-state index in [9.17, 15) is 10.4 Å². The van der Waals surface area contributed by atoms with Crippen LogP contribution in [-0.4, -0.2) is 31.0 Å². The van der Waals surface area contributed by atoms with Gasteiger partial charge in [-0.05, 0) is 49.2 Å². The summed E-state index contributed by atoms with van der Waals surface area (Å²) >= 11 is 1.16. The molecule has 29 heavy (non-hydrogen) atoms. The van der Waals surface area contributed by atoms with E-state index >= 15 is 0 Å². The Hall–Kier alpha value is -3.57. The number of imidazole rings is 1. The molecule has 2 heterocycles. The summed E-state index contributed by atoms with van der Waals surface area (Å²) in [7, 11) is 0. The van der Waals surface area contributed by atoms with Crippen molar-refractivity contribution in [3.63, 3.8) is 0 Å². The van der Waals surface area contributed by atoms with Crippen LogP contribution in [-0.2, 0) is 0 Å². The molecule has 8 heteroatoms. The van der Waals surface area contributed by atoms with E-state index in [1.54, 1.807) is 0 Å². The fraction of sp³-hybridized carbons (Fsp3) is 0.143. The zero-order valence-electron chi connectivity index (χ0n) is 15.8. The normalized spacial score (nSPS) is 12.0. The van der Waals surface area contributed by atoms with Gasteiger partial charge < -0.3 is 14.5 Å². The molecule has 0 saturated carbocycles. The Labute approximate surface area is 171 Å². The average Bonchev–Trinajstić information content (AvgIpc) is 3.36. The minimum Gasteiger partial charge on any atom is -0.510 e. The number of benzene rings is 2. The Balaban J connectivity index is 1.52. The number of rotatable bonds is 5. The molecular formula is C21H17N5O2S. The molecule has 4 aromatic rings. The highest BCUT2D eigenvalue weighted by atomic mass is 32.2. The number of aliphatic hydroxyl groups is 1. The fourth-order valence-electron chi connectivity index (χ4n) is 2.79. The number of fused-ring (bicyclic) bond motifs is 1. The van der Waals surface area contributed by atoms with Crippen molar-refractivity contribution < 1.29 is 9.52 Å². The molecule has 2 aromatic carbocycles. The quantitative estimate of drug-likeness (QED) is 0.279.